The standard InChI is InChI=1S/C21H16N4O4/c26-19(14-8-9-29-12-14)23-15-5-3-4-13(10-15)11-22-21(28)18-24-17-7-2-1-6-16(17)20(27)25-18/h1-10,12H,11H2,(H,22,28)(H,23,26)(H,24,25,27). The number of furan rings is 1. The third kappa shape index (κ3) is 4.06. The van der Waals surface area contributed by atoms with Gasteiger partial charge in [0.2, 0.25) is 0 Å². The molecule has 4 aromatic rings. The number of benzene rings is 2. The van der Waals surface area contributed by atoms with Gasteiger partial charge >= 0.3 is 0 Å². The molecule has 29 heavy (non-hydrogen) atoms. The summed E-state index contributed by atoms with van der Waals surface area (Å²) in [4.78, 5) is 43.3. The Balaban J connectivity index is 1.44. The summed E-state index contributed by atoms with van der Waals surface area (Å²) in [6.07, 6.45) is 2.78. The molecule has 0 bridgehead atoms. The lowest BCUT2D eigenvalue weighted by Crippen LogP contribution is -2.27. The molecule has 2 aromatic carbocycles. The fraction of sp³-hybridized carbons (Fsp3) is 0.0476. The summed E-state index contributed by atoms with van der Waals surface area (Å²) in [5.74, 6) is -0.850. The second kappa shape index (κ2) is 7.81. The molecule has 0 spiro atoms. The molecule has 3 N–H and O–H groups in total. The predicted molar refractivity (Wildman–Crippen MR) is 107 cm³/mol. The number of anilines is 1. The highest BCUT2D eigenvalue weighted by atomic mass is 16.3. The Morgan fingerprint density at radius 2 is 1.90 bits per heavy atom. The zero-order chi connectivity index (χ0) is 20.2. The van der Waals surface area contributed by atoms with Gasteiger partial charge in [-0.3, -0.25) is 14.4 Å². The van der Waals surface area contributed by atoms with E-state index in [4.69, 9.17) is 4.42 Å². The third-order valence-corrected chi connectivity index (χ3v) is 4.25. The Kier molecular flexibility index (Phi) is 4.90. The first-order chi connectivity index (χ1) is 14.1. The first kappa shape index (κ1) is 18.2. The van der Waals surface area contributed by atoms with E-state index in [2.05, 4.69) is 20.6 Å². The van der Waals surface area contributed by atoms with Crippen LogP contribution in [-0.4, -0.2) is 21.8 Å². The summed E-state index contributed by atoms with van der Waals surface area (Å²) >= 11 is 0. The molecular formula is C21H16N4O4. The highest BCUT2D eigenvalue weighted by Gasteiger charge is 2.12. The first-order valence-corrected chi connectivity index (χ1v) is 8.80. The van der Waals surface area contributed by atoms with Crippen LogP contribution in [0, 0.1) is 0 Å². The number of hydrogen-bond acceptors (Lipinski definition) is 5. The molecule has 2 amide bonds. The number of hydrogen-bond donors (Lipinski definition) is 3. The van der Waals surface area contributed by atoms with Gasteiger partial charge in [0.25, 0.3) is 17.4 Å². The van der Waals surface area contributed by atoms with Crippen LogP contribution in [0.25, 0.3) is 10.9 Å². The van der Waals surface area contributed by atoms with Gasteiger partial charge in [0.1, 0.15) is 6.26 Å². The Labute approximate surface area is 164 Å². The van der Waals surface area contributed by atoms with Crippen molar-refractivity contribution in [1.29, 1.82) is 0 Å². The minimum atomic E-state index is -0.499. The molecule has 0 aliphatic carbocycles. The van der Waals surface area contributed by atoms with E-state index < -0.39 is 5.91 Å². The van der Waals surface area contributed by atoms with E-state index in [9.17, 15) is 14.4 Å². The lowest BCUT2D eigenvalue weighted by molar-refractivity contribution is 0.0939. The average Bonchev–Trinajstić information content (AvgIpc) is 3.27. The van der Waals surface area contributed by atoms with Gasteiger partial charge in [0.05, 0.1) is 22.7 Å². The van der Waals surface area contributed by atoms with Gasteiger partial charge in [0, 0.05) is 12.2 Å². The summed E-state index contributed by atoms with van der Waals surface area (Å²) in [6, 6.07) is 15.4. The summed E-state index contributed by atoms with van der Waals surface area (Å²) in [6.45, 7) is 0.199. The molecule has 4 rings (SSSR count). The van der Waals surface area contributed by atoms with Crippen LogP contribution in [0.3, 0.4) is 0 Å². The number of aromatic nitrogens is 2. The predicted octanol–water partition coefficient (Wildman–Crippen LogP) is 2.70. The normalized spacial score (nSPS) is 10.6. The summed E-state index contributed by atoms with van der Waals surface area (Å²) < 4.78 is 4.90. The Morgan fingerprint density at radius 3 is 2.72 bits per heavy atom. The summed E-state index contributed by atoms with van der Waals surface area (Å²) in [5, 5.41) is 5.90. The van der Waals surface area contributed by atoms with Crippen LogP contribution in [-0.2, 0) is 6.54 Å². The highest BCUT2D eigenvalue weighted by Crippen LogP contribution is 2.13. The lowest BCUT2D eigenvalue weighted by atomic mass is 10.2. The van der Waals surface area contributed by atoms with E-state index in [0.717, 1.165) is 5.56 Å². The number of carbonyl (C=O) groups excluding carboxylic acids is 2. The van der Waals surface area contributed by atoms with Crippen LogP contribution in [0.4, 0.5) is 5.69 Å². The molecule has 0 saturated carbocycles. The van der Waals surface area contributed by atoms with Gasteiger partial charge in [0.15, 0.2) is 5.82 Å². The Bertz CT molecular complexity index is 1250. The molecule has 0 aliphatic heterocycles. The van der Waals surface area contributed by atoms with Crippen molar-refractivity contribution in [3.63, 3.8) is 0 Å². The minimum Gasteiger partial charge on any atom is -0.472 e. The van der Waals surface area contributed by atoms with Crippen LogP contribution in [0.5, 0.6) is 0 Å². The Morgan fingerprint density at radius 1 is 1.03 bits per heavy atom. The second-order valence-corrected chi connectivity index (χ2v) is 6.28. The zero-order valence-electron chi connectivity index (χ0n) is 15.1. The molecule has 2 heterocycles. The van der Waals surface area contributed by atoms with Crippen molar-refractivity contribution in [2.24, 2.45) is 0 Å². The number of rotatable bonds is 5. The number of amides is 2. The van der Waals surface area contributed by atoms with Crippen LogP contribution < -0.4 is 16.2 Å². The number of H-pyrrole nitrogens is 1. The van der Waals surface area contributed by atoms with Crippen LogP contribution in [0.1, 0.15) is 26.5 Å². The van der Waals surface area contributed by atoms with Crippen molar-refractivity contribution in [3.8, 4) is 0 Å². The first-order valence-electron chi connectivity index (χ1n) is 8.80. The molecule has 2 aromatic heterocycles. The maximum Gasteiger partial charge on any atom is 0.287 e. The number of aromatic amines is 1. The van der Waals surface area contributed by atoms with E-state index in [-0.39, 0.29) is 23.8 Å². The highest BCUT2D eigenvalue weighted by molar-refractivity contribution is 6.04. The number of nitrogens with one attached hydrogen (secondary N) is 3. The Hall–Kier alpha value is -4.20. The lowest BCUT2D eigenvalue weighted by Gasteiger charge is -2.08. The van der Waals surface area contributed by atoms with Crippen molar-refractivity contribution >= 4 is 28.4 Å². The number of carbonyl (C=O) groups is 2. The second-order valence-electron chi connectivity index (χ2n) is 6.28. The molecule has 0 fully saturated rings. The number of nitrogens with zero attached hydrogens (tertiary/aromatic N) is 1. The van der Waals surface area contributed by atoms with Crippen molar-refractivity contribution in [2.75, 3.05) is 5.32 Å². The third-order valence-electron chi connectivity index (χ3n) is 4.25. The minimum absolute atomic E-state index is 0.0573. The van der Waals surface area contributed by atoms with E-state index in [1.54, 1.807) is 48.5 Å². The van der Waals surface area contributed by atoms with E-state index in [1.807, 2.05) is 6.07 Å². The average molecular weight is 388 g/mol. The molecule has 0 radical (unpaired) electrons. The van der Waals surface area contributed by atoms with Gasteiger partial charge in [-0.15, -0.1) is 0 Å². The molecule has 8 heteroatoms. The van der Waals surface area contributed by atoms with Crippen molar-refractivity contribution in [1.82, 2.24) is 15.3 Å². The van der Waals surface area contributed by atoms with Gasteiger partial charge in [-0.2, -0.15) is 0 Å². The number of fused-ring (bicyclic) bond motifs is 1. The van der Waals surface area contributed by atoms with Crippen molar-refractivity contribution < 1.29 is 14.0 Å². The number of para-hydroxylation sites is 1. The topological polar surface area (TPSA) is 117 Å². The van der Waals surface area contributed by atoms with Crippen LogP contribution in [0.2, 0.25) is 0 Å². The molecular weight excluding hydrogens is 372 g/mol. The molecule has 8 nitrogen and oxygen atoms in total. The quantitative estimate of drug-likeness (QED) is 0.486. The van der Waals surface area contributed by atoms with Crippen molar-refractivity contribution in [3.05, 3.63) is 94.4 Å². The fourth-order valence-corrected chi connectivity index (χ4v) is 2.82. The van der Waals surface area contributed by atoms with E-state index >= 15 is 0 Å². The van der Waals surface area contributed by atoms with Gasteiger partial charge < -0.3 is 20.0 Å². The maximum atomic E-state index is 12.4. The largest absolute Gasteiger partial charge is 0.472 e. The SMILES string of the molecule is O=C(Nc1cccc(CNC(=O)c2nc3ccccc3c(=O)[nH]2)c1)c1ccoc1. The molecule has 0 saturated heterocycles. The maximum absolute atomic E-state index is 12.4. The molecule has 0 aliphatic rings. The van der Waals surface area contributed by atoms with Gasteiger partial charge in [-0.05, 0) is 35.9 Å². The monoisotopic (exact) mass is 388 g/mol. The van der Waals surface area contributed by atoms with E-state index in [1.165, 1.54) is 12.5 Å². The van der Waals surface area contributed by atoms with Crippen LogP contribution in [0.15, 0.2) is 76.3 Å². The summed E-state index contributed by atoms with van der Waals surface area (Å²) in [7, 11) is 0. The van der Waals surface area contributed by atoms with Gasteiger partial charge in [-0.25, -0.2) is 4.98 Å². The molecule has 0 unspecified atom stereocenters. The van der Waals surface area contributed by atoms with Crippen LogP contribution >= 0.6 is 0 Å². The van der Waals surface area contributed by atoms with Gasteiger partial charge in [-0.1, -0.05) is 24.3 Å². The molecule has 144 valence electrons. The summed E-state index contributed by atoms with van der Waals surface area (Å²) in [5.41, 5.74) is 1.84. The zero-order valence-corrected chi connectivity index (χ0v) is 15.1. The fourth-order valence-electron chi connectivity index (χ4n) is 2.82. The van der Waals surface area contributed by atoms with Crippen molar-refractivity contribution in [2.45, 2.75) is 6.54 Å². The molecule has 0 atom stereocenters. The van der Waals surface area contributed by atoms with E-state index in [0.29, 0.717) is 22.2 Å². The smallest absolute Gasteiger partial charge is 0.287 e.